The number of nitrogens with zero attached hydrogens (tertiary/aromatic N) is 2. The molecule has 33 heavy (non-hydrogen) atoms. The zero-order chi connectivity index (χ0) is 23.4. The van der Waals surface area contributed by atoms with Crippen LogP contribution in [0, 0.1) is 13.8 Å². The fourth-order valence-electron chi connectivity index (χ4n) is 5.72. The second-order valence-corrected chi connectivity index (χ2v) is 16.4. The third kappa shape index (κ3) is 2.69. The van der Waals surface area contributed by atoms with Gasteiger partial charge in [-0.15, -0.1) is 0 Å². The topological polar surface area (TPSA) is 8.29 Å². The van der Waals surface area contributed by atoms with E-state index in [-0.39, 0.29) is 0 Å². The number of rotatable bonds is 2. The molecule has 0 saturated heterocycles. The Hall–Kier alpha value is -2.91. The summed E-state index contributed by atoms with van der Waals surface area (Å²) in [5.74, 6) is 0.515. The molecule has 0 unspecified atom stereocenters. The number of aromatic nitrogens is 2. The van der Waals surface area contributed by atoms with Gasteiger partial charge in [0.1, 0.15) is 7.05 Å². The Morgan fingerprint density at radius 3 is 2.30 bits per heavy atom. The average molecular weight is 450 g/mol. The van der Waals surface area contributed by atoms with E-state index in [0.29, 0.717) is 5.92 Å². The monoisotopic (exact) mass is 449 g/mol. The molecule has 3 heteroatoms. The highest BCUT2D eigenvalue weighted by Gasteiger charge is 2.27. The lowest BCUT2D eigenvalue weighted by molar-refractivity contribution is -0.643. The lowest BCUT2D eigenvalue weighted by atomic mass is 9.96. The fraction of sp³-hybridized carbons (Fsp3) is 0.300. The van der Waals surface area contributed by atoms with Gasteiger partial charge in [-0.2, -0.15) is 0 Å². The molecule has 0 aliphatic carbocycles. The molecule has 3 aromatic carbocycles. The first-order chi connectivity index (χ1) is 15.6. The van der Waals surface area contributed by atoms with E-state index >= 15 is 0 Å². The second-order valence-electron chi connectivity index (χ2n) is 11.3. The van der Waals surface area contributed by atoms with Crippen LogP contribution in [0.2, 0.25) is 19.6 Å². The van der Waals surface area contributed by atoms with Gasteiger partial charge < -0.3 is 4.40 Å². The van der Waals surface area contributed by atoms with E-state index in [0.717, 1.165) is 0 Å². The van der Waals surface area contributed by atoms with Crippen molar-refractivity contribution in [1.29, 1.82) is 0 Å². The van der Waals surface area contributed by atoms with Crippen molar-refractivity contribution in [3.8, 4) is 0 Å². The highest BCUT2D eigenvalue weighted by atomic mass is 28.3. The second kappa shape index (κ2) is 6.57. The van der Waals surface area contributed by atoms with Crippen LogP contribution in [0.3, 0.4) is 0 Å². The van der Waals surface area contributed by atoms with E-state index in [1.807, 2.05) is 0 Å². The molecular weight excluding hydrogens is 416 g/mol. The molecule has 2 nitrogen and oxygen atoms in total. The summed E-state index contributed by atoms with van der Waals surface area (Å²) in [6, 6.07) is 16.8. The highest BCUT2D eigenvalue weighted by Crippen LogP contribution is 2.42. The smallest absolute Gasteiger partial charge is 0.224 e. The SMILES string of the molecule is Cc1cc2c3cc(C(C)C)ccc3n3c4cc([Si](C)(C)C)cc5cc[n+](C)c(c(c1C)c23)c54. The standard InChI is InChI=1S/C30H33N2Si/c1-17(2)20-9-10-25-23(15-20)24-13-18(3)19(4)27-29(24)32(25)26-16-22(33(6,7)8)14-21-11-12-31(5)30(27)28(21)26/h9-17H,1-8H3/q+1. The minimum absolute atomic E-state index is 0.515. The fourth-order valence-corrected chi connectivity index (χ4v) is 6.87. The summed E-state index contributed by atoms with van der Waals surface area (Å²) in [5.41, 5.74) is 9.57. The summed E-state index contributed by atoms with van der Waals surface area (Å²) in [7, 11) is 0.711. The molecule has 0 aliphatic heterocycles. The molecule has 0 aliphatic rings. The zero-order valence-corrected chi connectivity index (χ0v) is 22.1. The quantitative estimate of drug-likeness (QED) is 0.115. The van der Waals surface area contributed by atoms with Gasteiger partial charge in [-0.1, -0.05) is 50.8 Å². The maximum Gasteiger partial charge on any atom is 0.224 e. The van der Waals surface area contributed by atoms with Crippen LogP contribution in [-0.2, 0) is 7.05 Å². The molecule has 6 aromatic rings. The summed E-state index contributed by atoms with van der Waals surface area (Å²) >= 11 is 0. The Balaban J connectivity index is 2.02. The first-order valence-corrected chi connectivity index (χ1v) is 15.6. The number of benzene rings is 3. The molecular formula is C30H33N2Si+. The Kier molecular flexibility index (Phi) is 4.12. The molecule has 0 atom stereocenters. The van der Waals surface area contributed by atoms with E-state index < -0.39 is 8.07 Å². The first-order valence-electron chi connectivity index (χ1n) is 12.1. The first kappa shape index (κ1) is 20.7. The van der Waals surface area contributed by atoms with Crippen LogP contribution in [0.4, 0.5) is 0 Å². The molecule has 0 N–H and O–H groups in total. The zero-order valence-electron chi connectivity index (χ0n) is 21.1. The lowest BCUT2D eigenvalue weighted by Gasteiger charge is -2.20. The summed E-state index contributed by atoms with van der Waals surface area (Å²) in [4.78, 5) is 0. The number of aryl methyl sites for hydroxylation is 3. The van der Waals surface area contributed by atoms with Crippen molar-refractivity contribution in [2.24, 2.45) is 7.05 Å². The molecule has 6 rings (SSSR count). The summed E-state index contributed by atoms with van der Waals surface area (Å²) in [5, 5.41) is 8.42. The van der Waals surface area contributed by atoms with Crippen molar-refractivity contribution in [3.63, 3.8) is 0 Å². The normalized spacial score (nSPS) is 13.1. The predicted octanol–water partition coefficient (Wildman–Crippen LogP) is 7.10. The van der Waals surface area contributed by atoms with Crippen molar-refractivity contribution in [2.75, 3.05) is 0 Å². The van der Waals surface area contributed by atoms with Crippen LogP contribution in [0.15, 0.2) is 48.7 Å². The van der Waals surface area contributed by atoms with Gasteiger partial charge in [0, 0.05) is 16.8 Å². The van der Waals surface area contributed by atoms with Gasteiger partial charge in [-0.05, 0) is 66.1 Å². The van der Waals surface area contributed by atoms with Crippen LogP contribution in [0.5, 0.6) is 0 Å². The van der Waals surface area contributed by atoms with E-state index in [1.165, 1.54) is 70.9 Å². The van der Waals surface area contributed by atoms with Crippen molar-refractivity contribution in [3.05, 3.63) is 65.4 Å². The van der Waals surface area contributed by atoms with Crippen LogP contribution < -0.4 is 9.75 Å². The van der Waals surface area contributed by atoms with E-state index in [1.54, 1.807) is 0 Å². The van der Waals surface area contributed by atoms with E-state index in [4.69, 9.17) is 0 Å². The molecule has 0 bridgehead atoms. The summed E-state index contributed by atoms with van der Waals surface area (Å²) in [6.45, 7) is 16.5. The third-order valence-electron chi connectivity index (χ3n) is 7.82. The number of hydrogen-bond acceptors (Lipinski definition) is 0. The highest BCUT2D eigenvalue weighted by molar-refractivity contribution is 6.89. The Bertz CT molecular complexity index is 1750. The van der Waals surface area contributed by atoms with Crippen LogP contribution in [-0.4, -0.2) is 12.5 Å². The summed E-state index contributed by atoms with van der Waals surface area (Å²) < 4.78 is 4.91. The van der Waals surface area contributed by atoms with E-state index in [9.17, 15) is 0 Å². The minimum atomic E-state index is -1.49. The predicted molar refractivity (Wildman–Crippen MR) is 146 cm³/mol. The summed E-state index contributed by atoms with van der Waals surface area (Å²) in [6.07, 6.45) is 2.25. The van der Waals surface area contributed by atoms with Gasteiger partial charge in [0.05, 0.1) is 35.4 Å². The van der Waals surface area contributed by atoms with Gasteiger partial charge in [-0.3, -0.25) is 0 Å². The number of hydrogen-bond donors (Lipinski definition) is 0. The van der Waals surface area contributed by atoms with Gasteiger partial charge in [0.25, 0.3) is 0 Å². The van der Waals surface area contributed by atoms with Crippen LogP contribution >= 0.6 is 0 Å². The maximum absolute atomic E-state index is 2.58. The van der Waals surface area contributed by atoms with E-state index in [2.05, 4.69) is 112 Å². The van der Waals surface area contributed by atoms with Gasteiger partial charge >= 0.3 is 0 Å². The van der Waals surface area contributed by atoms with Crippen molar-refractivity contribution >= 4 is 62.3 Å². The Labute approximate surface area is 196 Å². The third-order valence-corrected chi connectivity index (χ3v) is 9.84. The molecule has 0 saturated carbocycles. The van der Waals surface area contributed by atoms with Gasteiger partial charge in [-0.25, -0.2) is 4.57 Å². The number of fused-ring (bicyclic) bond motifs is 5. The van der Waals surface area contributed by atoms with Crippen molar-refractivity contribution in [1.82, 2.24) is 4.40 Å². The Morgan fingerprint density at radius 1 is 0.848 bits per heavy atom. The lowest BCUT2D eigenvalue weighted by Crippen LogP contribution is -2.38. The Morgan fingerprint density at radius 2 is 1.61 bits per heavy atom. The molecule has 3 heterocycles. The van der Waals surface area contributed by atoms with Crippen molar-refractivity contribution < 1.29 is 4.57 Å². The van der Waals surface area contributed by atoms with Crippen LogP contribution in [0.25, 0.3) is 49.0 Å². The average Bonchev–Trinajstić information content (AvgIpc) is 3.08. The molecule has 3 aromatic heterocycles. The largest absolute Gasteiger partial charge is 0.307 e. The minimum Gasteiger partial charge on any atom is -0.307 e. The van der Waals surface area contributed by atoms with Crippen molar-refractivity contribution in [2.45, 2.75) is 53.3 Å². The molecule has 0 fully saturated rings. The van der Waals surface area contributed by atoms with Gasteiger partial charge in [0.15, 0.2) is 6.20 Å². The molecule has 0 radical (unpaired) electrons. The van der Waals surface area contributed by atoms with Gasteiger partial charge in [0.2, 0.25) is 5.52 Å². The molecule has 166 valence electrons. The molecule has 0 spiro atoms. The number of pyridine rings is 2. The molecule has 0 amide bonds. The maximum atomic E-state index is 2.58. The van der Waals surface area contributed by atoms with Crippen LogP contribution in [0.1, 0.15) is 36.5 Å².